The minimum Gasteiger partial charge on any atom is -0.508 e. The number of phenols is 2. The lowest BCUT2D eigenvalue weighted by Gasteiger charge is -2.18. The molecular weight excluding hydrogens is 458 g/mol. The van der Waals surface area contributed by atoms with E-state index in [1.165, 1.54) is 6.07 Å². The summed E-state index contributed by atoms with van der Waals surface area (Å²) < 4.78 is 0. The molecule has 1 heterocycles. The van der Waals surface area contributed by atoms with Gasteiger partial charge in [-0.05, 0) is 72.5 Å². The average molecular weight is 490 g/mol. The van der Waals surface area contributed by atoms with Crippen molar-refractivity contribution in [3.63, 3.8) is 0 Å². The average Bonchev–Trinajstić information content (AvgIpc) is 3.30. The molecule has 36 heavy (non-hydrogen) atoms. The standard InChI is InChI=1S/C28H31N3O5/c1-17(29-15-27(35)20-6-8-26(34)22(12-20)16-32)9-18-5-7-24-21(10-18)13-25(31-24)28(36)30-14-19-3-2-4-23(33)11-19/h2-8,10-13,17,27,29,31-35H,9,14-16H2,1H3,(H,30,36)/t17?,27-/m0/s1. The van der Waals surface area contributed by atoms with E-state index in [4.69, 9.17) is 0 Å². The fraction of sp³-hybridized carbons (Fsp3) is 0.250. The Bertz CT molecular complexity index is 1350. The summed E-state index contributed by atoms with van der Waals surface area (Å²) in [5.41, 5.74) is 4.24. The molecule has 3 aromatic carbocycles. The van der Waals surface area contributed by atoms with Gasteiger partial charge in [-0.1, -0.05) is 24.3 Å². The number of carbonyl (C=O) groups excluding carboxylic acids is 1. The predicted molar refractivity (Wildman–Crippen MR) is 138 cm³/mol. The summed E-state index contributed by atoms with van der Waals surface area (Å²) in [5, 5.41) is 46.2. The second-order valence-corrected chi connectivity index (χ2v) is 9.03. The van der Waals surface area contributed by atoms with Gasteiger partial charge in [-0.25, -0.2) is 0 Å². The first-order valence-corrected chi connectivity index (χ1v) is 11.8. The van der Waals surface area contributed by atoms with E-state index in [9.17, 15) is 25.2 Å². The highest BCUT2D eigenvalue weighted by molar-refractivity contribution is 5.98. The number of H-pyrrole nitrogens is 1. The van der Waals surface area contributed by atoms with Crippen LogP contribution in [0.15, 0.2) is 66.7 Å². The van der Waals surface area contributed by atoms with Crippen LogP contribution < -0.4 is 10.6 Å². The van der Waals surface area contributed by atoms with E-state index in [1.54, 1.807) is 30.3 Å². The number of phenolic OH excluding ortho intramolecular Hbond substituents is 1. The fourth-order valence-corrected chi connectivity index (χ4v) is 4.17. The number of hydrogen-bond donors (Lipinski definition) is 7. The van der Waals surface area contributed by atoms with E-state index < -0.39 is 6.10 Å². The Morgan fingerprint density at radius 3 is 2.61 bits per heavy atom. The molecule has 4 aromatic rings. The van der Waals surface area contributed by atoms with Crippen LogP contribution in [-0.4, -0.2) is 43.9 Å². The summed E-state index contributed by atoms with van der Waals surface area (Å²) in [4.78, 5) is 15.7. The van der Waals surface area contributed by atoms with Crippen molar-refractivity contribution >= 4 is 16.8 Å². The van der Waals surface area contributed by atoms with Gasteiger partial charge >= 0.3 is 0 Å². The van der Waals surface area contributed by atoms with Crippen LogP contribution in [0.4, 0.5) is 0 Å². The van der Waals surface area contributed by atoms with Gasteiger partial charge in [-0.3, -0.25) is 4.79 Å². The number of aromatic amines is 1. The van der Waals surface area contributed by atoms with Gasteiger partial charge in [0.25, 0.3) is 5.91 Å². The third-order valence-corrected chi connectivity index (χ3v) is 6.15. The highest BCUT2D eigenvalue weighted by atomic mass is 16.3. The molecule has 4 rings (SSSR count). The SMILES string of the molecule is CC(Cc1ccc2[nH]c(C(=O)NCc3cccc(O)c3)cc2c1)NC[C@H](O)c1ccc(O)c(CO)c1. The number of aliphatic hydroxyl groups is 2. The number of aliphatic hydroxyl groups excluding tert-OH is 2. The highest BCUT2D eigenvalue weighted by Crippen LogP contribution is 2.23. The number of rotatable bonds is 10. The van der Waals surface area contributed by atoms with Gasteiger partial charge in [0.05, 0.1) is 12.7 Å². The van der Waals surface area contributed by atoms with Gasteiger partial charge < -0.3 is 36.0 Å². The van der Waals surface area contributed by atoms with Gasteiger partial charge in [0.1, 0.15) is 17.2 Å². The molecule has 0 bridgehead atoms. The first-order chi connectivity index (χ1) is 17.3. The Morgan fingerprint density at radius 1 is 1.00 bits per heavy atom. The molecule has 1 unspecified atom stereocenters. The summed E-state index contributed by atoms with van der Waals surface area (Å²) in [7, 11) is 0. The first kappa shape index (κ1) is 25.2. The number of aromatic hydroxyl groups is 2. The maximum absolute atomic E-state index is 12.6. The van der Waals surface area contributed by atoms with Crippen molar-refractivity contribution in [1.82, 2.24) is 15.6 Å². The number of amides is 1. The zero-order valence-electron chi connectivity index (χ0n) is 20.0. The molecule has 0 fully saturated rings. The maximum Gasteiger partial charge on any atom is 0.267 e. The molecule has 0 spiro atoms. The minimum absolute atomic E-state index is 0.00653. The van der Waals surface area contributed by atoms with E-state index in [2.05, 4.69) is 15.6 Å². The predicted octanol–water partition coefficient (Wildman–Crippen LogP) is 3.26. The lowest BCUT2D eigenvalue weighted by molar-refractivity contribution is 0.0946. The molecule has 1 aromatic heterocycles. The third-order valence-electron chi connectivity index (χ3n) is 6.15. The van der Waals surface area contributed by atoms with Gasteiger partial charge in [-0.2, -0.15) is 0 Å². The van der Waals surface area contributed by atoms with Crippen LogP contribution in [-0.2, 0) is 19.6 Å². The molecule has 188 valence electrons. The molecule has 0 aliphatic rings. The highest BCUT2D eigenvalue weighted by Gasteiger charge is 2.14. The van der Waals surface area contributed by atoms with E-state index in [-0.39, 0.29) is 30.1 Å². The Kier molecular flexibility index (Phi) is 7.90. The minimum atomic E-state index is -0.772. The van der Waals surface area contributed by atoms with Crippen LogP contribution in [0.2, 0.25) is 0 Å². The summed E-state index contributed by atoms with van der Waals surface area (Å²) in [5.74, 6) is -0.0555. The second kappa shape index (κ2) is 11.3. The summed E-state index contributed by atoms with van der Waals surface area (Å²) in [6, 6.07) is 19.4. The molecular formula is C28H31N3O5. The first-order valence-electron chi connectivity index (χ1n) is 11.8. The van der Waals surface area contributed by atoms with E-state index in [0.717, 1.165) is 28.5 Å². The number of benzene rings is 3. The Morgan fingerprint density at radius 2 is 1.83 bits per heavy atom. The lowest BCUT2D eigenvalue weighted by atomic mass is 10.0. The van der Waals surface area contributed by atoms with E-state index in [1.807, 2.05) is 37.3 Å². The number of hydrogen-bond acceptors (Lipinski definition) is 6. The van der Waals surface area contributed by atoms with Crippen LogP contribution in [0, 0.1) is 0 Å². The summed E-state index contributed by atoms with van der Waals surface area (Å²) >= 11 is 0. The number of nitrogens with one attached hydrogen (secondary N) is 3. The van der Waals surface area contributed by atoms with Crippen LogP contribution >= 0.6 is 0 Å². The zero-order valence-corrected chi connectivity index (χ0v) is 20.0. The largest absolute Gasteiger partial charge is 0.508 e. The van der Waals surface area contributed by atoms with Gasteiger partial charge in [0.2, 0.25) is 0 Å². The van der Waals surface area contributed by atoms with Gasteiger partial charge in [0.15, 0.2) is 0 Å². The molecule has 0 aliphatic heterocycles. The Balaban J connectivity index is 1.33. The van der Waals surface area contributed by atoms with Crippen molar-refractivity contribution in [2.75, 3.05) is 6.54 Å². The lowest BCUT2D eigenvalue weighted by Crippen LogP contribution is -2.32. The molecule has 2 atom stereocenters. The number of aromatic nitrogens is 1. The molecule has 8 nitrogen and oxygen atoms in total. The van der Waals surface area contributed by atoms with Crippen molar-refractivity contribution in [3.05, 3.63) is 94.7 Å². The maximum atomic E-state index is 12.6. The van der Waals surface area contributed by atoms with Crippen LogP contribution in [0.3, 0.4) is 0 Å². The third kappa shape index (κ3) is 6.23. The van der Waals surface area contributed by atoms with Crippen LogP contribution in [0.5, 0.6) is 11.5 Å². The monoisotopic (exact) mass is 489 g/mol. The van der Waals surface area contributed by atoms with Crippen LogP contribution in [0.1, 0.15) is 45.8 Å². The molecule has 0 saturated carbocycles. The topological polar surface area (TPSA) is 138 Å². The molecule has 7 N–H and O–H groups in total. The zero-order chi connectivity index (χ0) is 25.7. The van der Waals surface area contributed by atoms with Crippen molar-refractivity contribution < 1.29 is 25.2 Å². The normalized spacial score (nSPS) is 13.0. The van der Waals surface area contributed by atoms with Crippen molar-refractivity contribution in [1.29, 1.82) is 0 Å². The van der Waals surface area contributed by atoms with Crippen molar-refractivity contribution in [2.24, 2.45) is 0 Å². The van der Waals surface area contributed by atoms with Gasteiger partial charge in [-0.15, -0.1) is 0 Å². The summed E-state index contributed by atoms with van der Waals surface area (Å²) in [6.45, 7) is 2.38. The quantitative estimate of drug-likeness (QED) is 0.183. The van der Waals surface area contributed by atoms with Crippen molar-refractivity contribution in [2.45, 2.75) is 38.6 Å². The number of fused-ring (bicyclic) bond motifs is 1. The molecule has 0 radical (unpaired) electrons. The summed E-state index contributed by atoms with van der Waals surface area (Å²) in [6.07, 6.45) is -0.0453. The molecule has 8 heteroatoms. The Labute approximate surface area is 209 Å². The molecule has 0 saturated heterocycles. The van der Waals surface area contributed by atoms with Gasteiger partial charge in [0, 0.05) is 35.6 Å². The van der Waals surface area contributed by atoms with Crippen molar-refractivity contribution in [3.8, 4) is 11.5 Å². The molecule has 0 aliphatic carbocycles. The second-order valence-electron chi connectivity index (χ2n) is 9.03. The van der Waals surface area contributed by atoms with E-state index >= 15 is 0 Å². The number of carbonyl (C=O) groups is 1. The molecule has 1 amide bonds. The fourth-order valence-electron chi connectivity index (χ4n) is 4.17. The van der Waals surface area contributed by atoms with E-state index in [0.29, 0.717) is 29.9 Å². The smallest absolute Gasteiger partial charge is 0.267 e. The Hall–Kier alpha value is -3.85. The van der Waals surface area contributed by atoms with Crippen LogP contribution in [0.25, 0.3) is 10.9 Å².